The summed E-state index contributed by atoms with van der Waals surface area (Å²) >= 11 is 7.53. The summed E-state index contributed by atoms with van der Waals surface area (Å²) in [5.41, 5.74) is 5.14. The van der Waals surface area contributed by atoms with Gasteiger partial charge in [0.05, 0.1) is 22.7 Å². The largest absolute Gasteiger partial charge is 0.490 e. The molecule has 2 aromatic heterocycles. The van der Waals surface area contributed by atoms with Crippen LogP contribution in [0.2, 0.25) is 5.02 Å². The minimum atomic E-state index is -5.08. The number of amides is 1. The lowest BCUT2D eigenvalue weighted by atomic mass is 9.83. The zero-order valence-electron chi connectivity index (χ0n) is 23.4. The second kappa shape index (κ2) is 14.9. The third kappa shape index (κ3) is 9.86. The first kappa shape index (κ1) is 34.2. The smallest absolute Gasteiger partial charge is 0.481 e. The average Bonchev–Trinajstić information content (AvgIpc) is 3.50. The molecule has 14 heteroatoms. The van der Waals surface area contributed by atoms with E-state index in [-0.39, 0.29) is 5.91 Å². The van der Waals surface area contributed by atoms with Crippen LogP contribution < -0.4 is 10.6 Å². The van der Waals surface area contributed by atoms with Gasteiger partial charge >= 0.3 is 18.1 Å². The van der Waals surface area contributed by atoms with Crippen molar-refractivity contribution >= 4 is 46.5 Å². The highest BCUT2D eigenvalue weighted by atomic mass is 35.5. The molecule has 0 spiro atoms. The molecule has 4 rings (SSSR count). The van der Waals surface area contributed by atoms with Crippen molar-refractivity contribution < 1.29 is 37.8 Å². The lowest BCUT2D eigenvalue weighted by Gasteiger charge is -2.23. The molecule has 0 aliphatic carbocycles. The van der Waals surface area contributed by atoms with Crippen LogP contribution in [-0.2, 0) is 32.8 Å². The van der Waals surface area contributed by atoms with Crippen molar-refractivity contribution in [2.24, 2.45) is 0 Å². The van der Waals surface area contributed by atoms with E-state index < -0.39 is 29.6 Å². The molecule has 0 saturated carbocycles. The molecule has 0 fully saturated rings. The van der Waals surface area contributed by atoms with E-state index in [1.165, 1.54) is 11.3 Å². The summed E-state index contributed by atoms with van der Waals surface area (Å²) in [7, 11) is 0. The molecule has 4 N–H and O–H groups in total. The van der Waals surface area contributed by atoms with Crippen LogP contribution >= 0.6 is 22.9 Å². The fourth-order valence-electron chi connectivity index (χ4n) is 3.79. The van der Waals surface area contributed by atoms with E-state index >= 15 is 0 Å². The quantitative estimate of drug-likeness (QED) is 0.159. The van der Waals surface area contributed by atoms with Gasteiger partial charge in [0.1, 0.15) is 0 Å². The monoisotopic (exact) mass is 648 g/mol. The van der Waals surface area contributed by atoms with Crippen LogP contribution in [0.15, 0.2) is 77.9 Å². The summed E-state index contributed by atoms with van der Waals surface area (Å²) in [6.45, 7) is 3.72. The number of anilines is 1. The predicted molar refractivity (Wildman–Crippen MR) is 161 cm³/mol. The Morgan fingerprint density at radius 2 is 1.59 bits per heavy atom. The average molecular weight is 649 g/mol. The van der Waals surface area contributed by atoms with Gasteiger partial charge in [0.2, 0.25) is 5.91 Å². The highest BCUT2D eigenvalue weighted by Crippen LogP contribution is 2.32. The topological polar surface area (TPSA) is 142 Å². The lowest BCUT2D eigenvalue weighted by Crippen LogP contribution is -2.42. The molecule has 44 heavy (non-hydrogen) atoms. The van der Waals surface area contributed by atoms with Crippen molar-refractivity contribution in [1.29, 1.82) is 0 Å². The van der Waals surface area contributed by atoms with Gasteiger partial charge < -0.3 is 15.5 Å². The van der Waals surface area contributed by atoms with Crippen LogP contribution in [-0.4, -0.2) is 50.2 Å². The summed E-state index contributed by atoms with van der Waals surface area (Å²) in [6, 6.07) is 15.9. The van der Waals surface area contributed by atoms with Crippen molar-refractivity contribution in [3.63, 3.8) is 0 Å². The Morgan fingerprint density at radius 1 is 0.955 bits per heavy atom. The Kier molecular flexibility index (Phi) is 11.6. The Labute approximate surface area is 259 Å². The molecule has 0 bridgehead atoms. The van der Waals surface area contributed by atoms with Crippen LogP contribution in [0, 0.1) is 0 Å². The van der Waals surface area contributed by atoms with Gasteiger partial charge in [-0.15, -0.1) is 11.3 Å². The molecule has 0 aliphatic heterocycles. The summed E-state index contributed by atoms with van der Waals surface area (Å²) in [5.74, 6) is -3.95. The van der Waals surface area contributed by atoms with Gasteiger partial charge in [0.25, 0.3) is 0 Å². The maximum atomic E-state index is 13.5. The maximum absolute atomic E-state index is 13.5. The number of hydrogen-bond acceptors (Lipinski definition) is 7. The number of nitrogens with one attached hydrogen (secondary N) is 2. The SMILES string of the molecule is CC(C)(C(=O)O)c1cc(NC(=O)[C@H](Cc2ccc(Cl)cc2)NCc2cscn2)cc(-c2ccncc2)c1.O=C(O)C(F)(F)F. The molecule has 2 aromatic carbocycles. The van der Waals surface area contributed by atoms with Crippen molar-refractivity contribution in [2.75, 3.05) is 5.32 Å². The van der Waals surface area contributed by atoms with Gasteiger partial charge in [0.15, 0.2) is 0 Å². The fraction of sp³-hybridized carbons (Fsp3) is 0.233. The van der Waals surface area contributed by atoms with Crippen LogP contribution in [0.5, 0.6) is 0 Å². The predicted octanol–water partition coefficient (Wildman–Crippen LogP) is 6.19. The molecule has 0 saturated heterocycles. The minimum Gasteiger partial charge on any atom is -0.481 e. The third-order valence-corrected chi connectivity index (χ3v) is 7.28. The Bertz CT molecular complexity index is 1570. The number of pyridine rings is 1. The first-order chi connectivity index (χ1) is 20.7. The minimum absolute atomic E-state index is 0.240. The van der Waals surface area contributed by atoms with Crippen LogP contribution in [0.3, 0.4) is 0 Å². The highest BCUT2D eigenvalue weighted by molar-refractivity contribution is 7.07. The number of halogens is 4. The van der Waals surface area contributed by atoms with Crippen LogP contribution in [0.1, 0.15) is 30.7 Å². The number of benzene rings is 2. The van der Waals surface area contributed by atoms with Gasteiger partial charge in [-0.3, -0.25) is 19.9 Å². The molecule has 0 aliphatic rings. The number of nitrogens with zero attached hydrogens (tertiary/aromatic N) is 2. The van der Waals surface area contributed by atoms with E-state index in [9.17, 15) is 27.9 Å². The first-order valence-electron chi connectivity index (χ1n) is 12.9. The molecule has 2 heterocycles. The number of alkyl halides is 3. The number of aliphatic carboxylic acids is 2. The fourth-order valence-corrected chi connectivity index (χ4v) is 4.48. The second-order valence-electron chi connectivity index (χ2n) is 10.0. The van der Waals surface area contributed by atoms with Gasteiger partial charge in [0, 0.05) is 35.0 Å². The van der Waals surface area contributed by atoms with E-state index in [2.05, 4.69) is 20.6 Å². The van der Waals surface area contributed by atoms with Crippen LogP contribution in [0.25, 0.3) is 11.1 Å². The maximum Gasteiger partial charge on any atom is 0.490 e. The van der Waals surface area contributed by atoms with Gasteiger partial charge in [-0.1, -0.05) is 23.7 Å². The standard InChI is InChI=1S/C28H27ClN4O3S.C2HF3O2/c1-28(2,27(35)36)21-12-20(19-7-9-30-10-8-19)13-23(14-21)33-26(34)25(31-15-24-16-37-17-32-24)11-18-3-5-22(29)6-4-18;3-2(4,5)1(6)7/h3-10,12-14,16-17,25,31H,11,15H2,1-2H3,(H,33,34)(H,35,36);(H,6,7)/t25-;/m0./s1. The van der Waals surface area contributed by atoms with E-state index in [1.807, 2.05) is 41.8 Å². The molecular formula is C30H28ClF3N4O5S. The van der Waals surface area contributed by atoms with Crippen LogP contribution in [0.4, 0.5) is 18.9 Å². The van der Waals surface area contributed by atoms with Crippen molar-refractivity contribution in [2.45, 2.75) is 44.4 Å². The molecule has 1 atom stereocenters. The molecule has 4 aromatic rings. The number of aromatic nitrogens is 2. The number of thiazole rings is 1. The number of carboxylic acid groups (broad SMARTS) is 2. The number of carboxylic acids is 2. The van der Waals surface area contributed by atoms with Gasteiger partial charge in [-0.05, 0) is 85.0 Å². The number of carbonyl (C=O) groups is 3. The normalized spacial score (nSPS) is 12.0. The van der Waals surface area contributed by atoms with E-state index in [0.717, 1.165) is 22.4 Å². The molecule has 1 amide bonds. The van der Waals surface area contributed by atoms with Crippen molar-refractivity contribution in [1.82, 2.24) is 15.3 Å². The van der Waals surface area contributed by atoms with Crippen molar-refractivity contribution in [3.05, 3.63) is 99.7 Å². The molecule has 232 valence electrons. The highest BCUT2D eigenvalue weighted by Gasteiger charge is 2.38. The summed E-state index contributed by atoms with van der Waals surface area (Å²) in [6.07, 6.45) is -1.30. The lowest BCUT2D eigenvalue weighted by molar-refractivity contribution is -0.192. The summed E-state index contributed by atoms with van der Waals surface area (Å²) in [4.78, 5) is 42.8. The van der Waals surface area contributed by atoms with Gasteiger partial charge in [-0.25, -0.2) is 9.78 Å². The van der Waals surface area contributed by atoms with E-state index in [0.29, 0.717) is 29.2 Å². The number of rotatable bonds is 10. The molecule has 0 unspecified atom stereocenters. The van der Waals surface area contributed by atoms with Gasteiger partial charge in [-0.2, -0.15) is 13.2 Å². The summed E-state index contributed by atoms with van der Waals surface area (Å²) < 4.78 is 31.7. The Hall–Kier alpha value is -4.33. The number of hydrogen-bond donors (Lipinski definition) is 4. The molecular weight excluding hydrogens is 621 g/mol. The zero-order chi connectivity index (χ0) is 32.5. The zero-order valence-corrected chi connectivity index (χ0v) is 25.0. The molecule has 9 nitrogen and oxygen atoms in total. The molecule has 0 radical (unpaired) electrons. The Morgan fingerprint density at radius 3 is 2.14 bits per heavy atom. The van der Waals surface area contributed by atoms with Crippen molar-refractivity contribution in [3.8, 4) is 11.1 Å². The number of carbonyl (C=O) groups excluding carboxylic acids is 1. The van der Waals surface area contributed by atoms with E-state index in [1.54, 1.807) is 50.0 Å². The second-order valence-corrected chi connectivity index (χ2v) is 11.2. The first-order valence-corrected chi connectivity index (χ1v) is 14.2. The third-order valence-electron chi connectivity index (χ3n) is 6.40. The Balaban J connectivity index is 0.000000676. The van der Waals surface area contributed by atoms with E-state index in [4.69, 9.17) is 21.5 Å². The summed E-state index contributed by atoms with van der Waals surface area (Å²) in [5, 5.41) is 25.8.